The molecule has 1 aliphatic heterocycles. The highest BCUT2D eigenvalue weighted by molar-refractivity contribution is 8.24. The van der Waals surface area contributed by atoms with Crippen LogP contribution in [-0.4, -0.2) is 39.4 Å². The Kier molecular flexibility index (Phi) is 5.91. The number of amides is 2. The molecule has 0 radical (unpaired) electrons. The second kappa shape index (κ2) is 6.96. The number of hydrogen-bond donors (Lipinski definition) is 1. The Morgan fingerprint density at radius 2 is 2.29 bits per heavy atom. The van der Waals surface area contributed by atoms with E-state index in [4.69, 9.17) is 12.2 Å². The van der Waals surface area contributed by atoms with Crippen LogP contribution >= 0.6 is 24.0 Å². The Hall–Kier alpha value is -0.620. The Balaban J connectivity index is 2.25. The van der Waals surface area contributed by atoms with Crippen LogP contribution in [0.5, 0.6) is 0 Å². The first-order valence-electron chi connectivity index (χ1n) is 5.85. The standard InChI is InChI=1S/C11H18N2O2S2/c1-3-6-12-9(14)5-4-7-13-10(15)8(2)17-11(13)16/h8H,3-7H2,1-2H3,(H,12,14). The van der Waals surface area contributed by atoms with Crippen molar-refractivity contribution in [1.82, 2.24) is 10.2 Å². The van der Waals surface area contributed by atoms with Crippen LogP contribution in [0.15, 0.2) is 0 Å². The average Bonchev–Trinajstić information content (AvgIpc) is 2.53. The fourth-order valence-corrected chi connectivity index (χ4v) is 2.98. The lowest BCUT2D eigenvalue weighted by Crippen LogP contribution is -2.32. The maximum absolute atomic E-state index is 11.7. The number of rotatable bonds is 6. The summed E-state index contributed by atoms with van der Waals surface area (Å²) < 4.78 is 0.636. The molecule has 4 nitrogen and oxygen atoms in total. The molecule has 0 aliphatic carbocycles. The highest BCUT2D eigenvalue weighted by Gasteiger charge is 2.32. The van der Waals surface area contributed by atoms with Gasteiger partial charge < -0.3 is 5.32 Å². The molecule has 0 bridgehead atoms. The van der Waals surface area contributed by atoms with E-state index < -0.39 is 0 Å². The van der Waals surface area contributed by atoms with Crippen molar-refractivity contribution in [3.63, 3.8) is 0 Å². The third kappa shape index (κ3) is 4.27. The fourth-order valence-electron chi connectivity index (χ4n) is 1.53. The minimum atomic E-state index is -0.0728. The van der Waals surface area contributed by atoms with E-state index in [9.17, 15) is 9.59 Å². The van der Waals surface area contributed by atoms with Gasteiger partial charge >= 0.3 is 0 Å². The van der Waals surface area contributed by atoms with E-state index in [0.717, 1.165) is 6.42 Å². The molecule has 0 aromatic carbocycles. The van der Waals surface area contributed by atoms with Crippen molar-refractivity contribution in [2.24, 2.45) is 0 Å². The van der Waals surface area contributed by atoms with Crippen LogP contribution in [0, 0.1) is 0 Å². The summed E-state index contributed by atoms with van der Waals surface area (Å²) in [4.78, 5) is 24.6. The third-order valence-corrected chi connectivity index (χ3v) is 3.96. The first-order valence-corrected chi connectivity index (χ1v) is 7.13. The summed E-state index contributed by atoms with van der Waals surface area (Å²) in [7, 11) is 0. The predicted octanol–water partition coefficient (Wildman–Crippen LogP) is 1.54. The number of carbonyl (C=O) groups excluding carboxylic acids is 2. The summed E-state index contributed by atoms with van der Waals surface area (Å²) in [6.45, 7) is 5.13. The molecule has 1 saturated heterocycles. The van der Waals surface area contributed by atoms with Gasteiger partial charge in [0, 0.05) is 19.5 Å². The van der Waals surface area contributed by atoms with E-state index in [2.05, 4.69) is 5.32 Å². The van der Waals surface area contributed by atoms with Crippen LogP contribution in [0.1, 0.15) is 33.1 Å². The Labute approximate surface area is 111 Å². The quantitative estimate of drug-likeness (QED) is 0.747. The van der Waals surface area contributed by atoms with Gasteiger partial charge in [-0.05, 0) is 19.8 Å². The summed E-state index contributed by atoms with van der Waals surface area (Å²) in [6, 6.07) is 0. The lowest BCUT2D eigenvalue weighted by molar-refractivity contribution is -0.126. The normalized spacial score (nSPS) is 19.9. The largest absolute Gasteiger partial charge is 0.356 e. The zero-order chi connectivity index (χ0) is 12.8. The van der Waals surface area contributed by atoms with Gasteiger partial charge in [0.25, 0.3) is 0 Å². The molecule has 1 heterocycles. The minimum absolute atomic E-state index is 0.0464. The molecular weight excluding hydrogens is 256 g/mol. The Bertz CT molecular complexity index is 321. The smallest absolute Gasteiger partial charge is 0.241 e. The fraction of sp³-hybridized carbons (Fsp3) is 0.727. The van der Waals surface area contributed by atoms with Crippen LogP contribution < -0.4 is 5.32 Å². The molecule has 1 fully saturated rings. The van der Waals surface area contributed by atoms with Gasteiger partial charge in [-0.25, -0.2) is 0 Å². The molecule has 0 aromatic heterocycles. The summed E-state index contributed by atoms with van der Waals surface area (Å²) in [5, 5.41) is 2.74. The maximum Gasteiger partial charge on any atom is 0.241 e. The van der Waals surface area contributed by atoms with Crippen molar-refractivity contribution in [2.45, 2.75) is 38.4 Å². The molecule has 1 rings (SSSR count). The summed E-state index contributed by atoms with van der Waals surface area (Å²) in [5.41, 5.74) is 0. The number of nitrogens with one attached hydrogen (secondary N) is 1. The molecule has 17 heavy (non-hydrogen) atoms. The van der Waals surface area contributed by atoms with Crippen molar-refractivity contribution >= 4 is 40.1 Å². The molecule has 96 valence electrons. The van der Waals surface area contributed by atoms with Gasteiger partial charge in [-0.3, -0.25) is 14.5 Å². The van der Waals surface area contributed by atoms with Gasteiger partial charge in [0.1, 0.15) is 4.32 Å². The molecule has 0 saturated carbocycles. The van der Waals surface area contributed by atoms with Gasteiger partial charge in [-0.1, -0.05) is 30.9 Å². The monoisotopic (exact) mass is 274 g/mol. The molecule has 1 atom stereocenters. The van der Waals surface area contributed by atoms with Crippen molar-refractivity contribution in [2.75, 3.05) is 13.1 Å². The van der Waals surface area contributed by atoms with Gasteiger partial charge in [0.2, 0.25) is 11.8 Å². The lowest BCUT2D eigenvalue weighted by atomic mass is 10.2. The summed E-state index contributed by atoms with van der Waals surface area (Å²) >= 11 is 6.53. The van der Waals surface area contributed by atoms with Gasteiger partial charge in [0.15, 0.2) is 0 Å². The topological polar surface area (TPSA) is 49.4 Å². The van der Waals surface area contributed by atoms with Crippen LogP contribution in [0.2, 0.25) is 0 Å². The van der Waals surface area contributed by atoms with E-state index >= 15 is 0 Å². The molecular formula is C11H18N2O2S2. The number of nitrogens with zero attached hydrogens (tertiary/aromatic N) is 1. The van der Waals surface area contributed by atoms with E-state index in [0.29, 0.717) is 30.3 Å². The highest BCUT2D eigenvalue weighted by atomic mass is 32.2. The molecule has 2 amide bonds. The first-order chi connectivity index (χ1) is 8.06. The van der Waals surface area contributed by atoms with Crippen LogP contribution in [-0.2, 0) is 9.59 Å². The molecule has 1 N–H and O–H groups in total. The van der Waals surface area contributed by atoms with E-state index in [1.807, 2.05) is 13.8 Å². The predicted molar refractivity (Wildman–Crippen MR) is 73.9 cm³/mol. The van der Waals surface area contributed by atoms with Gasteiger partial charge in [0.05, 0.1) is 5.25 Å². The number of carbonyl (C=O) groups is 2. The zero-order valence-corrected chi connectivity index (χ0v) is 11.8. The first kappa shape index (κ1) is 14.4. The average molecular weight is 274 g/mol. The van der Waals surface area contributed by atoms with Crippen molar-refractivity contribution in [1.29, 1.82) is 0 Å². The molecule has 0 spiro atoms. The molecule has 1 unspecified atom stereocenters. The van der Waals surface area contributed by atoms with E-state index in [-0.39, 0.29) is 17.1 Å². The van der Waals surface area contributed by atoms with Crippen molar-refractivity contribution < 1.29 is 9.59 Å². The number of hydrogen-bond acceptors (Lipinski definition) is 4. The second-order valence-corrected chi connectivity index (χ2v) is 5.94. The molecule has 0 aromatic rings. The van der Waals surface area contributed by atoms with Gasteiger partial charge in [-0.15, -0.1) is 0 Å². The van der Waals surface area contributed by atoms with Crippen LogP contribution in [0.3, 0.4) is 0 Å². The molecule has 1 aliphatic rings. The Morgan fingerprint density at radius 3 is 2.82 bits per heavy atom. The number of thioether (sulfide) groups is 1. The molecule has 6 heteroatoms. The summed E-state index contributed by atoms with van der Waals surface area (Å²) in [5.74, 6) is 0.110. The third-order valence-electron chi connectivity index (χ3n) is 2.47. The van der Waals surface area contributed by atoms with E-state index in [1.54, 1.807) is 4.90 Å². The Morgan fingerprint density at radius 1 is 1.59 bits per heavy atom. The second-order valence-electron chi connectivity index (χ2n) is 3.97. The summed E-state index contributed by atoms with van der Waals surface area (Å²) in [6.07, 6.45) is 2.05. The van der Waals surface area contributed by atoms with Gasteiger partial charge in [-0.2, -0.15) is 0 Å². The number of thiocarbonyl (C=S) groups is 1. The van der Waals surface area contributed by atoms with Crippen molar-refractivity contribution in [3.05, 3.63) is 0 Å². The lowest BCUT2D eigenvalue weighted by Gasteiger charge is -2.14. The minimum Gasteiger partial charge on any atom is -0.356 e. The van der Waals surface area contributed by atoms with E-state index in [1.165, 1.54) is 11.8 Å². The highest BCUT2D eigenvalue weighted by Crippen LogP contribution is 2.26. The van der Waals surface area contributed by atoms with Crippen LogP contribution in [0.25, 0.3) is 0 Å². The van der Waals surface area contributed by atoms with Crippen molar-refractivity contribution in [3.8, 4) is 0 Å². The zero-order valence-electron chi connectivity index (χ0n) is 10.2. The SMILES string of the molecule is CCCNC(=O)CCCN1C(=O)C(C)SC1=S. The maximum atomic E-state index is 11.7. The van der Waals surface area contributed by atoms with Crippen LogP contribution in [0.4, 0.5) is 0 Å².